The van der Waals surface area contributed by atoms with Crippen molar-refractivity contribution in [1.82, 2.24) is 10.6 Å². The first-order chi connectivity index (χ1) is 8.11. The lowest BCUT2D eigenvalue weighted by atomic mass is 10.2. The predicted molar refractivity (Wildman–Crippen MR) is 64.0 cm³/mol. The highest BCUT2D eigenvalue weighted by molar-refractivity contribution is 5.82. The number of ether oxygens (including phenoxy) is 1. The van der Waals surface area contributed by atoms with Crippen LogP contribution in [0.15, 0.2) is 0 Å². The van der Waals surface area contributed by atoms with Gasteiger partial charge in [0.2, 0.25) is 0 Å². The molecule has 0 aromatic rings. The van der Waals surface area contributed by atoms with Gasteiger partial charge in [0.05, 0.1) is 6.61 Å². The lowest BCUT2D eigenvalue weighted by Crippen LogP contribution is -2.46. The molecule has 0 aliphatic carbocycles. The van der Waals surface area contributed by atoms with E-state index in [2.05, 4.69) is 10.6 Å². The predicted octanol–water partition coefficient (Wildman–Crippen LogP) is 0.965. The molecule has 6 heteroatoms. The molecule has 6 nitrogen and oxygen atoms in total. The second-order valence-corrected chi connectivity index (χ2v) is 3.69. The third kappa shape index (κ3) is 8.50. The second-order valence-electron chi connectivity index (χ2n) is 3.69. The van der Waals surface area contributed by atoms with Crippen LogP contribution in [-0.4, -0.2) is 42.9 Å². The summed E-state index contributed by atoms with van der Waals surface area (Å²) >= 11 is 0. The van der Waals surface area contributed by atoms with E-state index in [1.165, 1.54) is 0 Å². The molecule has 0 aliphatic heterocycles. The highest BCUT2D eigenvalue weighted by atomic mass is 16.5. The van der Waals surface area contributed by atoms with E-state index in [9.17, 15) is 9.59 Å². The van der Waals surface area contributed by atoms with Gasteiger partial charge in [-0.05, 0) is 12.8 Å². The van der Waals surface area contributed by atoms with Gasteiger partial charge in [-0.2, -0.15) is 0 Å². The molecular formula is C11H22N2O4. The zero-order chi connectivity index (χ0) is 13.1. The van der Waals surface area contributed by atoms with Crippen LogP contribution in [0, 0.1) is 0 Å². The van der Waals surface area contributed by atoms with Gasteiger partial charge < -0.3 is 20.5 Å². The van der Waals surface area contributed by atoms with Crippen LogP contribution >= 0.6 is 0 Å². The van der Waals surface area contributed by atoms with E-state index in [0.29, 0.717) is 32.6 Å². The van der Waals surface area contributed by atoms with Crippen LogP contribution in [0.4, 0.5) is 4.79 Å². The minimum atomic E-state index is -1.01. The van der Waals surface area contributed by atoms with E-state index < -0.39 is 18.0 Å². The Morgan fingerprint density at radius 3 is 2.47 bits per heavy atom. The van der Waals surface area contributed by atoms with Gasteiger partial charge >= 0.3 is 12.0 Å². The number of aliphatic carboxylic acids is 1. The Labute approximate surface area is 102 Å². The van der Waals surface area contributed by atoms with Gasteiger partial charge in [0.1, 0.15) is 6.04 Å². The summed E-state index contributed by atoms with van der Waals surface area (Å²) in [7, 11) is 0. The van der Waals surface area contributed by atoms with Crippen molar-refractivity contribution in [1.29, 1.82) is 0 Å². The van der Waals surface area contributed by atoms with Crippen LogP contribution in [0.2, 0.25) is 0 Å². The molecule has 0 aliphatic rings. The van der Waals surface area contributed by atoms with Crippen molar-refractivity contribution in [3.05, 3.63) is 0 Å². The first-order valence-electron chi connectivity index (χ1n) is 5.96. The fourth-order valence-corrected chi connectivity index (χ4v) is 1.24. The SMILES string of the molecule is CCCOCCNC(=O)NC(CCC)C(=O)O. The smallest absolute Gasteiger partial charge is 0.326 e. The molecule has 1 atom stereocenters. The Bertz CT molecular complexity index is 234. The molecule has 0 saturated carbocycles. The molecule has 0 heterocycles. The lowest BCUT2D eigenvalue weighted by molar-refractivity contribution is -0.139. The normalized spacial score (nSPS) is 11.9. The summed E-state index contributed by atoms with van der Waals surface area (Å²) in [5.41, 5.74) is 0. The van der Waals surface area contributed by atoms with Crippen molar-refractivity contribution in [2.45, 2.75) is 39.2 Å². The van der Waals surface area contributed by atoms with Gasteiger partial charge in [-0.1, -0.05) is 20.3 Å². The standard InChI is InChI=1S/C11H22N2O4/c1-3-5-9(10(14)15)13-11(16)12-6-8-17-7-4-2/h9H,3-8H2,1-2H3,(H,14,15)(H2,12,13,16). The number of urea groups is 1. The van der Waals surface area contributed by atoms with Crippen molar-refractivity contribution in [3.63, 3.8) is 0 Å². The highest BCUT2D eigenvalue weighted by Gasteiger charge is 2.18. The average Bonchev–Trinajstić information content (AvgIpc) is 2.28. The van der Waals surface area contributed by atoms with E-state index in [1.807, 2.05) is 13.8 Å². The fraction of sp³-hybridized carbons (Fsp3) is 0.818. The quantitative estimate of drug-likeness (QED) is 0.529. The lowest BCUT2D eigenvalue weighted by Gasteiger charge is -2.14. The molecule has 17 heavy (non-hydrogen) atoms. The maximum atomic E-state index is 11.3. The summed E-state index contributed by atoms with van der Waals surface area (Å²) in [6, 6.07) is -1.29. The third-order valence-corrected chi connectivity index (χ3v) is 2.06. The summed E-state index contributed by atoms with van der Waals surface area (Å²) in [5, 5.41) is 13.8. The van der Waals surface area contributed by atoms with E-state index in [-0.39, 0.29) is 0 Å². The fourth-order valence-electron chi connectivity index (χ4n) is 1.24. The average molecular weight is 246 g/mol. The molecule has 100 valence electrons. The molecule has 0 spiro atoms. The van der Waals surface area contributed by atoms with Crippen LogP contribution in [-0.2, 0) is 9.53 Å². The zero-order valence-corrected chi connectivity index (χ0v) is 10.5. The van der Waals surface area contributed by atoms with Gasteiger partial charge in [-0.3, -0.25) is 0 Å². The van der Waals surface area contributed by atoms with Crippen molar-refractivity contribution in [3.8, 4) is 0 Å². The van der Waals surface area contributed by atoms with Gasteiger partial charge in [0, 0.05) is 13.2 Å². The number of amides is 2. The Morgan fingerprint density at radius 1 is 1.24 bits per heavy atom. The molecule has 0 fully saturated rings. The first-order valence-corrected chi connectivity index (χ1v) is 5.96. The van der Waals surface area contributed by atoms with E-state index in [1.54, 1.807) is 0 Å². The number of rotatable bonds is 9. The summed E-state index contributed by atoms with van der Waals surface area (Å²) in [4.78, 5) is 22.1. The van der Waals surface area contributed by atoms with E-state index in [0.717, 1.165) is 6.42 Å². The van der Waals surface area contributed by atoms with E-state index >= 15 is 0 Å². The van der Waals surface area contributed by atoms with Crippen LogP contribution in [0.25, 0.3) is 0 Å². The number of carboxylic acids is 1. The van der Waals surface area contributed by atoms with Crippen molar-refractivity contribution in [2.75, 3.05) is 19.8 Å². The van der Waals surface area contributed by atoms with Crippen LogP contribution in [0.1, 0.15) is 33.1 Å². The topological polar surface area (TPSA) is 87.7 Å². The number of carbonyl (C=O) groups is 2. The second kappa shape index (κ2) is 9.89. The summed E-state index contributed by atoms with van der Waals surface area (Å²) < 4.78 is 5.17. The third-order valence-electron chi connectivity index (χ3n) is 2.06. The molecule has 3 N–H and O–H groups in total. The molecule has 1 unspecified atom stereocenters. The molecule has 0 radical (unpaired) electrons. The van der Waals surface area contributed by atoms with Gasteiger partial charge in [-0.15, -0.1) is 0 Å². The Hall–Kier alpha value is -1.30. The molecule has 0 saturated heterocycles. The molecule has 0 rings (SSSR count). The molecule has 2 amide bonds. The minimum absolute atomic E-state index is 0.379. The minimum Gasteiger partial charge on any atom is -0.480 e. The van der Waals surface area contributed by atoms with Crippen molar-refractivity contribution in [2.24, 2.45) is 0 Å². The van der Waals surface area contributed by atoms with Gasteiger partial charge in [0.25, 0.3) is 0 Å². The van der Waals surface area contributed by atoms with Crippen LogP contribution < -0.4 is 10.6 Å². The maximum absolute atomic E-state index is 11.3. The number of hydrogen-bond acceptors (Lipinski definition) is 3. The number of nitrogens with one attached hydrogen (secondary N) is 2. The first kappa shape index (κ1) is 15.7. The Kier molecular flexibility index (Phi) is 9.14. The summed E-state index contributed by atoms with van der Waals surface area (Å²) in [6.07, 6.45) is 2.07. The molecule has 0 aromatic carbocycles. The monoisotopic (exact) mass is 246 g/mol. The Balaban J connectivity index is 3.71. The van der Waals surface area contributed by atoms with Crippen LogP contribution in [0.3, 0.4) is 0 Å². The zero-order valence-electron chi connectivity index (χ0n) is 10.5. The van der Waals surface area contributed by atoms with Crippen LogP contribution in [0.5, 0.6) is 0 Å². The van der Waals surface area contributed by atoms with Gasteiger partial charge in [0.15, 0.2) is 0 Å². The van der Waals surface area contributed by atoms with Crippen molar-refractivity contribution >= 4 is 12.0 Å². The van der Waals surface area contributed by atoms with E-state index in [4.69, 9.17) is 9.84 Å². The van der Waals surface area contributed by atoms with Crippen molar-refractivity contribution < 1.29 is 19.4 Å². The number of carboxylic acid groups (broad SMARTS) is 1. The molecule has 0 bridgehead atoms. The highest BCUT2D eigenvalue weighted by Crippen LogP contribution is 1.96. The maximum Gasteiger partial charge on any atom is 0.326 e. The van der Waals surface area contributed by atoms with Gasteiger partial charge in [-0.25, -0.2) is 9.59 Å². The number of carbonyl (C=O) groups excluding carboxylic acids is 1. The molecular weight excluding hydrogens is 224 g/mol. The molecule has 0 aromatic heterocycles. The summed E-state index contributed by atoms with van der Waals surface area (Å²) in [6.45, 7) is 5.35. The summed E-state index contributed by atoms with van der Waals surface area (Å²) in [5.74, 6) is -1.01. The largest absolute Gasteiger partial charge is 0.480 e. The Morgan fingerprint density at radius 2 is 1.94 bits per heavy atom. The number of hydrogen-bond donors (Lipinski definition) is 3.